The molecule has 1 aromatic heterocycles. The second kappa shape index (κ2) is 12.0. The van der Waals surface area contributed by atoms with Crippen LogP contribution in [-0.2, 0) is 11.3 Å². The summed E-state index contributed by atoms with van der Waals surface area (Å²) in [5, 5.41) is 9.67. The number of ether oxygens (including phenoxy) is 1. The van der Waals surface area contributed by atoms with Crippen LogP contribution in [0.1, 0.15) is 18.9 Å². The summed E-state index contributed by atoms with van der Waals surface area (Å²) in [5.41, 5.74) is 2.25. The molecule has 0 bridgehead atoms. The lowest BCUT2D eigenvalue weighted by Crippen LogP contribution is -2.50. The van der Waals surface area contributed by atoms with Gasteiger partial charge in [0.2, 0.25) is 5.91 Å². The van der Waals surface area contributed by atoms with E-state index in [2.05, 4.69) is 51.7 Å². The molecule has 1 fully saturated rings. The summed E-state index contributed by atoms with van der Waals surface area (Å²) in [6.45, 7) is 9.82. The molecule has 1 amide bonds. The maximum Gasteiger partial charge on any atom is 0.233 e. The van der Waals surface area contributed by atoms with Gasteiger partial charge in [-0.1, -0.05) is 60.6 Å². The Balaban J connectivity index is 1.25. The van der Waals surface area contributed by atoms with E-state index in [1.807, 2.05) is 41.3 Å². The molecule has 1 aliphatic heterocycles. The summed E-state index contributed by atoms with van der Waals surface area (Å²) in [5.74, 6) is 2.31. The number of hydrogen-bond donors (Lipinski definition) is 0. The third kappa shape index (κ3) is 6.39. The molecular formula is C26H33N5O2S. The second-order valence-electron chi connectivity index (χ2n) is 8.50. The van der Waals surface area contributed by atoms with Crippen LogP contribution in [0, 0.1) is 6.92 Å². The first-order chi connectivity index (χ1) is 16.6. The van der Waals surface area contributed by atoms with Crippen molar-refractivity contribution >= 4 is 17.7 Å². The van der Waals surface area contributed by atoms with Crippen LogP contribution in [0.3, 0.4) is 0 Å². The van der Waals surface area contributed by atoms with E-state index >= 15 is 0 Å². The summed E-state index contributed by atoms with van der Waals surface area (Å²) in [6, 6.07) is 18.2. The minimum atomic E-state index is 0.160. The van der Waals surface area contributed by atoms with Crippen LogP contribution >= 0.6 is 11.8 Å². The van der Waals surface area contributed by atoms with Crippen LogP contribution in [0.25, 0.3) is 11.4 Å². The molecule has 1 aliphatic rings. The van der Waals surface area contributed by atoms with Crippen molar-refractivity contribution in [2.24, 2.45) is 0 Å². The number of aryl methyl sites for hydroxylation is 1. The highest BCUT2D eigenvalue weighted by molar-refractivity contribution is 7.99. The first kappa shape index (κ1) is 24.3. The van der Waals surface area contributed by atoms with Crippen molar-refractivity contribution in [3.8, 4) is 17.1 Å². The van der Waals surface area contributed by atoms with Crippen LogP contribution in [0.2, 0.25) is 0 Å². The molecule has 0 aliphatic carbocycles. The standard InChI is InChI=1S/C26H33N5O2S/c1-3-12-31-25(22-9-7-8-21(2)19-22)27-28-26(31)34-20-24(32)30-15-13-29(14-16-30)17-18-33-23-10-5-4-6-11-23/h4-11,19H,3,12-18,20H2,1-2H3. The van der Waals surface area contributed by atoms with E-state index in [1.165, 1.54) is 17.3 Å². The first-order valence-corrected chi connectivity index (χ1v) is 12.9. The Kier molecular flexibility index (Phi) is 8.60. The maximum atomic E-state index is 12.9. The van der Waals surface area contributed by atoms with Gasteiger partial charge in [-0.15, -0.1) is 10.2 Å². The zero-order valence-corrected chi connectivity index (χ0v) is 20.8. The van der Waals surface area contributed by atoms with Gasteiger partial charge in [0, 0.05) is 44.8 Å². The number of nitrogens with zero attached hydrogens (tertiary/aromatic N) is 5. The lowest BCUT2D eigenvalue weighted by atomic mass is 10.1. The average molecular weight is 480 g/mol. The number of carbonyl (C=O) groups is 1. The summed E-state index contributed by atoms with van der Waals surface area (Å²) in [7, 11) is 0. The average Bonchev–Trinajstić information content (AvgIpc) is 3.26. The van der Waals surface area contributed by atoms with E-state index in [1.54, 1.807) is 0 Å². The number of amides is 1. The van der Waals surface area contributed by atoms with Crippen molar-refractivity contribution in [3.63, 3.8) is 0 Å². The largest absolute Gasteiger partial charge is 0.492 e. The second-order valence-corrected chi connectivity index (χ2v) is 9.44. The molecule has 7 nitrogen and oxygen atoms in total. The number of hydrogen-bond acceptors (Lipinski definition) is 6. The predicted molar refractivity (Wildman–Crippen MR) is 136 cm³/mol. The number of piperazine rings is 1. The molecule has 3 aromatic rings. The van der Waals surface area contributed by atoms with Gasteiger partial charge in [0.25, 0.3) is 0 Å². The molecule has 0 radical (unpaired) electrons. The van der Waals surface area contributed by atoms with Crippen molar-refractivity contribution < 1.29 is 9.53 Å². The molecule has 2 heterocycles. The molecule has 2 aromatic carbocycles. The molecule has 180 valence electrons. The molecular weight excluding hydrogens is 446 g/mol. The van der Waals surface area contributed by atoms with Crippen LogP contribution in [0.15, 0.2) is 59.8 Å². The fourth-order valence-electron chi connectivity index (χ4n) is 4.07. The van der Waals surface area contributed by atoms with Gasteiger partial charge in [-0.3, -0.25) is 9.69 Å². The van der Waals surface area contributed by atoms with Gasteiger partial charge in [-0.25, -0.2) is 0 Å². The minimum absolute atomic E-state index is 0.160. The zero-order chi connectivity index (χ0) is 23.8. The summed E-state index contributed by atoms with van der Waals surface area (Å²) < 4.78 is 7.94. The van der Waals surface area contributed by atoms with Crippen molar-refractivity contribution in [1.82, 2.24) is 24.6 Å². The molecule has 4 rings (SSSR count). The summed E-state index contributed by atoms with van der Waals surface area (Å²) >= 11 is 1.49. The molecule has 0 unspecified atom stereocenters. The van der Waals surface area contributed by atoms with Gasteiger partial charge in [-0.2, -0.15) is 0 Å². The van der Waals surface area contributed by atoms with Gasteiger partial charge in [0.1, 0.15) is 12.4 Å². The Morgan fingerprint density at radius 2 is 1.79 bits per heavy atom. The van der Waals surface area contributed by atoms with Gasteiger partial charge >= 0.3 is 0 Å². The quantitative estimate of drug-likeness (QED) is 0.410. The van der Waals surface area contributed by atoms with Crippen LogP contribution in [0.5, 0.6) is 5.75 Å². The highest BCUT2D eigenvalue weighted by atomic mass is 32.2. The minimum Gasteiger partial charge on any atom is -0.492 e. The Labute approximate surface area is 206 Å². The molecule has 0 saturated carbocycles. The van der Waals surface area contributed by atoms with Gasteiger partial charge in [0.05, 0.1) is 5.75 Å². The van der Waals surface area contributed by atoms with E-state index in [0.29, 0.717) is 12.4 Å². The molecule has 1 saturated heterocycles. The van der Waals surface area contributed by atoms with E-state index in [-0.39, 0.29) is 5.91 Å². The van der Waals surface area contributed by atoms with Crippen molar-refractivity contribution in [3.05, 3.63) is 60.2 Å². The Morgan fingerprint density at radius 1 is 1.00 bits per heavy atom. The molecule has 0 spiro atoms. The number of carbonyl (C=O) groups excluding carboxylic acids is 1. The molecule has 0 N–H and O–H groups in total. The SMILES string of the molecule is CCCn1c(SCC(=O)N2CCN(CCOc3ccccc3)CC2)nnc1-c1cccc(C)c1. The predicted octanol–water partition coefficient (Wildman–Crippen LogP) is 3.98. The lowest BCUT2D eigenvalue weighted by Gasteiger charge is -2.34. The number of aromatic nitrogens is 3. The van der Waals surface area contributed by atoms with Crippen LogP contribution in [0.4, 0.5) is 0 Å². The highest BCUT2D eigenvalue weighted by Crippen LogP contribution is 2.25. The van der Waals surface area contributed by atoms with E-state index in [9.17, 15) is 4.79 Å². The topological polar surface area (TPSA) is 63.5 Å². The Morgan fingerprint density at radius 3 is 2.53 bits per heavy atom. The third-order valence-electron chi connectivity index (χ3n) is 5.91. The molecule has 8 heteroatoms. The van der Waals surface area contributed by atoms with Crippen LogP contribution in [-0.4, -0.2) is 75.6 Å². The highest BCUT2D eigenvalue weighted by Gasteiger charge is 2.22. The Hall–Kier alpha value is -2.84. The summed E-state index contributed by atoms with van der Waals surface area (Å²) in [6.07, 6.45) is 0.980. The van der Waals surface area contributed by atoms with Gasteiger partial charge in [-0.05, 0) is 31.5 Å². The monoisotopic (exact) mass is 479 g/mol. The molecule has 34 heavy (non-hydrogen) atoms. The van der Waals surface area contributed by atoms with Crippen molar-refractivity contribution in [2.45, 2.75) is 32.0 Å². The number of benzene rings is 2. The maximum absolute atomic E-state index is 12.9. The fourth-order valence-corrected chi connectivity index (χ4v) is 4.93. The van der Waals surface area contributed by atoms with Crippen molar-refractivity contribution in [2.75, 3.05) is 45.1 Å². The number of rotatable bonds is 10. The third-order valence-corrected chi connectivity index (χ3v) is 6.86. The number of para-hydroxylation sites is 1. The summed E-state index contributed by atoms with van der Waals surface area (Å²) in [4.78, 5) is 17.2. The Bertz CT molecular complexity index is 1060. The molecule has 0 atom stereocenters. The van der Waals surface area contributed by atoms with E-state index in [0.717, 1.165) is 68.0 Å². The van der Waals surface area contributed by atoms with E-state index < -0.39 is 0 Å². The lowest BCUT2D eigenvalue weighted by molar-refractivity contribution is -0.130. The van der Waals surface area contributed by atoms with E-state index in [4.69, 9.17) is 4.74 Å². The van der Waals surface area contributed by atoms with Gasteiger partial charge < -0.3 is 14.2 Å². The van der Waals surface area contributed by atoms with Crippen molar-refractivity contribution in [1.29, 1.82) is 0 Å². The zero-order valence-electron chi connectivity index (χ0n) is 20.0. The van der Waals surface area contributed by atoms with Gasteiger partial charge in [0.15, 0.2) is 11.0 Å². The smallest absolute Gasteiger partial charge is 0.233 e. The number of thioether (sulfide) groups is 1. The van der Waals surface area contributed by atoms with Crippen LogP contribution < -0.4 is 4.74 Å². The fraction of sp³-hybridized carbons (Fsp3) is 0.423. The first-order valence-electron chi connectivity index (χ1n) is 11.9. The normalized spacial score (nSPS) is 14.4.